The number of hydrogen-bond acceptors (Lipinski definition) is 3. The highest BCUT2D eigenvalue weighted by atomic mass is 16.6. The second-order valence-corrected chi connectivity index (χ2v) is 6.88. The lowest BCUT2D eigenvalue weighted by Gasteiger charge is -2.12. The highest BCUT2D eigenvalue weighted by Crippen LogP contribution is 2.41. The number of cyclic esters (lactones) is 2. The topological polar surface area (TPSA) is 43.4 Å². The molecule has 3 nitrogen and oxygen atoms in total. The SMILES string of the molecule is O=C1OC(=O)c2c1c1cc3ccccc3cc1c1ccc3ccccc3c21. The monoisotopic (exact) mass is 348 g/mol. The molecule has 0 fully saturated rings. The molecule has 1 aliphatic heterocycles. The number of benzene rings is 5. The van der Waals surface area contributed by atoms with Crippen LogP contribution < -0.4 is 0 Å². The fraction of sp³-hybridized carbons (Fsp3) is 0. The van der Waals surface area contributed by atoms with E-state index in [1.54, 1.807) is 0 Å². The van der Waals surface area contributed by atoms with Crippen molar-refractivity contribution in [1.82, 2.24) is 0 Å². The van der Waals surface area contributed by atoms with Crippen LogP contribution >= 0.6 is 0 Å². The molecule has 0 aliphatic carbocycles. The van der Waals surface area contributed by atoms with Gasteiger partial charge < -0.3 is 4.74 Å². The van der Waals surface area contributed by atoms with Crippen molar-refractivity contribution in [2.24, 2.45) is 0 Å². The predicted molar refractivity (Wildman–Crippen MR) is 106 cm³/mol. The minimum absolute atomic E-state index is 0.379. The summed E-state index contributed by atoms with van der Waals surface area (Å²) < 4.78 is 5.03. The van der Waals surface area contributed by atoms with Gasteiger partial charge in [0.1, 0.15) is 0 Å². The molecule has 0 unspecified atom stereocenters. The van der Waals surface area contributed by atoms with Crippen LogP contribution in [-0.2, 0) is 4.74 Å². The van der Waals surface area contributed by atoms with Crippen molar-refractivity contribution in [3.63, 3.8) is 0 Å². The summed E-state index contributed by atoms with van der Waals surface area (Å²) in [6.45, 7) is 0. The maximum Gasteiger partial charge on any atom is 0.347 e. The van der Waals surface area contributed by atoms with Crippen molar-refractivity contribution >= 4 is 55.0 Å². The van der Waals surface area contributed by atoms with Gasteiger partial charge in [0, 0.05) is 5.39 Å². The third-order valence-corrected chi connectivity index (χ3v) is 5.47. The van der Waals surface area contributed by atoms with E-state index in [9.17, 15) is 9.59 Å². The molecule has 0 saturated carbocycles. The quantitative estimate of drug-likeness (QED) is 0.158. The van der Waals surface area contributed by atoms with E-state index in [-0.39, 0.29) is 0 Å². The zero-order valence-electron chi connectivity index (χ0n) is 14.2. The molecule has 0 saturated heterocycles. The van der Waals surface area contributed by atoms with E-state index in [2.05, 4.69) is 18.2 Å². The number of fused-ring (bicyclic) bond motifs is 9. The molecule has 0 amide bonds. The van der Waals surface area contributed by atoms with Gasteiger partial charge in [-0.05, 0) is 49.8 Å². The predicted octanol–water partition coefficient (Wildman–Crippen LogP) is 5.61. The number of hydrogen-bond donors (Lipinski definition) is 0. The first-order valence-corrected chi connectivity index (χ1v) is 8.79. The summed E-state index contributed by atoms with van der Waals surface area (Å²) >= 11 is 0. The number of carbonyl (C=O) groups is 2. The van der Waals surface area contributed by atoms with Crippen LogP contribution in [0.1, 0.15) is 20.7 Å². The Bertz CT molecular complexity index is 1470. The number of ether oxygens (including phenoxy) is 1. The molecular weight excluding hydrogens is 336 g/mol. The first-order valence-electron chi connectivity index (χ1n) is 8.79. The number of carbonyl (C=O) groups excluding carboxylic acids is 2. The summed E-state index contributed by atoms with van der Waals surface area (Å²) in [5.41, 5.74) is 0.763. The van der Waals surface area contributed by atoms with Crippen LogP contribution in [0, 0.1) is 0 Å². The average Bonchev–Trinajstić information content (AvgIpc) is 3.00. The Labute approximate surface area is 153 Å². The van der Waals surface area contributed by atoms with E-state index < -0.39 is 11.9 Å². The largest absolute Gasteiger partial charge is 0.386 e. The van der Waals surface area contributed by atoms with Gasteiger partial charge in [0.2, 0.25) is 0 Å². The molecule has 0 atom stereocenters. The summed E-state index contributed by atoms with van der Waals surface area (Å²) in [4.78, 5) is 25.2. The van der Waals surface area contributed by atoms with Gasteiger partial charge in [-0.25, -0.2) is 9.59 Å². The van der Waals surface area contributed by atoms with Crippen molar-refractivity contribution in [1.29, 1.82) is 0 Å². The van der Waals surface area contributed by atoms with E-state index in [1.807, 2.05) is 54.6 Å². The first-order chi connectivity index (χ1) is 13.2. The molecule has 5 aromatic rings. The van der Waals surface area contributed by atoms with Gasteiger partial charge in [-0.2, -0.15) is 0 Å². The zero-order valence-corrected chi connectivity index (χ0v) is 14.2. The molecule has 0 radical (unpaired) electrons. The minimum Gasteiger partial charge on any atom is -0.386 e. The smallest absolute Gasteiger partial charge is 0.347 e. The summed E-state index contributed by atoms with van der Waals surface area (Å²) in [5, 5.41) is 7.58. The lowest BCUT2D eigenvalue weighted by Crippen LogP contribution is -1.97. The van der Waals surface area contributed by atoms with Gasteiger partial charge in [-0.1, -0.05) is 60.7 Å². The maximum absolute atomic E-state index is 12.6. The van der Waals surface area contributed by atoms with Crippen LogP contribution in [0.5, 0.6) is 0 Å². The summed E-state index contributed by atoms with van der Waals surface area (Å²) in [5.74, 6) is -1.13. The fourth-order valence-corrected chi connectivity index (χ4v) is 4.30. The van der Waals surface area contributed by atoms with E-state index >= 15 is 0 Å². The van der Waals surface area contributed by atoms with Crippen molar-refractivity contribution < 1.29 is 14.3 Å². The van der Waals surface area contributed by atoms with Crippen LogP contribution in [0.4, 0.5) is 0 Å². The van der Waals surface area contributed by atoms with Gasteiger partial charge >= 0.3 is 11.9 Å². The van der Waals surface area contributed by atoms with Crippen molar-refractivity contribution in [2.75, 3.05) is 0 Å². The third-order valence-electron chi connectivity index (χ3n) is 5.47. The van der Waals surface area contributed by atoms with Gasteiger partial charge in [0.15, 0.2) is 0 Å². The molecule has 5 aromatic carbocycles. The van der Waals surface area contributed by atoms with Gasteiger partial charge in [-0.3, -0.25) is 0 Å². The minimum atomic E-state index is -0.565. The Morgan fingerprint density at radius 1 is 0.519 bits per heavy atom. The van der Waals surface area contributed by atoms with Crippen molar-refractivity contribution in [3.8, 4) is 0 Å². The standard InChI is InChI=1S/C24H12O3/c25-23-21-19-12-15-7-2-1-6-14(15)11-18(19)17-10-9-13-5-3-4-8-16(13)20(17)22(21)24(26)27-23/h1-12H. The number of esters is 2. The second kappa shape index (κ2) is 4.92. The molecule has 126 valence electrons. The highest BCUT2D eigenvalue weighted by molar-refractivity contribution is 6.34. The average molecular weight is 348 g/mol. The Morgan fingerprint density at radius 2 is 1.15 bits per heavy atom. The molecule has 27 heavy (non-hydrogen) atoms. The first kappa shape index (κ1) is 14.4. The molecule has 0 aromatic heterocycles. The Morgan fingerprint density at radius 3 is 1.93 bits per heavy atom. The number of rotatable bonds is 0. The highest BCUT2D eigenvalue weighted by Gasteiger charge is 2.35. The summed E-state index contributed by atoms with van der Waals surface area (Å²) in [7, 11) is 0. The second-order valence-electron chi connectivity index (χ2n) is 6.88. The van der Waals surface area contributed by atoms with E-state index in [1.165, 1.54) is 0 Å². The lowest BCUT2D eigenvalue weighted by atomic mass is 9.88. The summed E-state index contributed by atoms with van der Waals surface area (Å²) in [6, 6.07) is 24.1. The van der Waals surface area contributed by atoms with Crippen LogP contribution in [-0.4, -0.2) is 11.9 Å². The Kier molecular flexibility index (Phi) is 2.63. The van der Waals surface area contributed by atoms with Crippen LogP contribution in [0.2, 0.25) is 0 Å². The molecule has 6 rings (SSSR count). The lowest BCUT2D eigenvalue weighted by molar-refractivity contribution is 0.0445. The van der Waals surface area contributed by atoms with Gasteiger partial charge in [-0.15, -0.1) is 0 Å². The Balaban J connectivity index is 1.98. The molecule has 1 aliphatic rings. The van der Waals surface area contributed by atoms with Gasteiger partial charge in [0.05, 0.1) is 11.1 Å². The van der Waals surface area contributed by atoms with Gasteiger partial charge in [0.25, 0.3) is 0 Å². The van der Waals surface area contributed by atoms with E-state index in [4.69, 9.17) is 4.74 Å². The van der Waals surface area contributed by atoms with Crippen LogP contribution in [0.25, 0.3) is 43.1 Å². The van der Waals surface area contributed by atoms with Crippen LogP contribution in [0.3, 0.4) is 0 Å². The normalized spacial score (nSPS) is 13.6. The van der Waals surface area contributed by atoms with E-state index in [0.717, 1.165) is 43.1 Å². The molecule has 3 heteroatoms. The Hall–Kier alpha value is -3.72. The third kappa shape index (κ3) is 1.80. The molecule has 1 heterocycles. The maximum atomic E-state index is 12.6. The van der Waals surface area contributed by atoms with Crippen molar-refractivity contribution in [2.45, 2.75) is 0 Å². The molecule has 0 spiro atoms. The summed E-state index contributed by atoms with van der Waals surface area (Å²) in [6.07, 6.45) is 0. The van der Waals surface area contributed by atoms with Crippen LogP contribution in [0.15, 0.2) is 72.8 Å². The molecule has 0 N–H and O–H groups in total. The van der Waals surface area contributed by atoms with Crippen molar-refractivity contribution in [3.05, 3.63) is 83.9 Å². The zero-order chi connectivity index (χ0) is 18.1. The fourth-order valence-electron chi connectivity index (χ4n) is 4.30. The van der Waals surface area contributed by atoms with E-state index in [0.29, 0.717) is 11.1 Å². The molecule has 0 bridgehead atoms. The molecular formula is C24H12O3.